The SMILES string of the molecule is COC(C(=O)N(C)OC)c1ccc(-c2nnc(C)o2)cc1.COc1cc(-c2ccc(C(=O)C(OC)c3ccc(-c4nnc(C)o4)cc3)o2)cc(Cl)c1OC.COc1cc(-c2ccco2)cc(Cl)c1OC. The van der Waals surface area contributed by atoms with E-state index in [0.29, 0.717) is 79.1 Å². The Morgan fingerprint density at radius 3 is 1.44 bits per heavy atom. The van der Waals surface area contributed by atoms with Crippen molar-refractivity contribution in [3.8, 4) is 68.6 Å². The van der Waals surface area contributed by atoms with Gasteiger partial charge < -0.3 is 46.1 Å². The molecule has 0 saturated heterocycles. The average molecular weight is 999 g/mol. The highest BCUT2D eigenvalue weighted by Gasteiger charge is 2.27. The molecule has 0 fully saturated rings. The molecule has 2 atom stereocenters. The topological polar surface area (TPSA) is 206 Å². The molecule has 4 aromatic heterocycles. The third-order valence-corrected chi connectivity index (χ3v) is 10.9. The largest absolute Gasteiger partial charge is 0.493 e. The van der Waals surface area contributed by atoms with E-state index in [4.69, 9.17) is 74.1 Å². The summed E-state index contributed by atoms with van der Waals surface area (Å²) in [5.74, 6) is 4.54. The molecule has 20 heteroatoms. The first-order valence-electron chi connectivity index (χ1n) is 21.0. The van der Waals surface area contributed by atoms with Gasteiger partial charge in [0.1, 0.15) is 17.6 Å². The maximum atomic E-state index is 13.1. The Bertz CT molecular complexity index is 2970. The van der Waals surface area contributed by atoms with Gasteiger partial charge in [0.05, 0.1) is 51.9 Å². The minimum Gasteiger partial charge on any atom is -0.493 e. The number of hydrogen-bond acceptors (Lipinski definition) is 17. The predicted molar refractivity (Wildman–Crippen MR) is 257 cm³/mol. The van der Waals surface area contributed by atoms with E-state index in [1.165, 1.54) is 42.6 Å². The number of Topliss-reactive ketones (excluding diaryl/α,β-unsaturated/α-hetero) is 1. The number of amides is 1. The first-order valence-corrected chi connectivity index (χ1v) is 21.7. The second-order valence-corrected chi connectivity index (χ2v) is 15.5. The van der Waals surface area contributed by atoms with Crippen LogP contribution < -0.4 is 18.9 Å². The number of rotatable bonds is 16. The molecule has 8 rings (SSSR count). The monoisotopic (exact) mass is 997 g/mol. The van der Waals surface area contributed by atoms with Crippen molar-refractivity contribution in [3.63, 3.8) is 0 Å². The molecule has 18 nitrogen and oxygen atoms in total. The van der Waals surface area contributed by atoms with Gasteiger partial charge in [-0.1, -0.05) is 47.5 Å². The van der Waals surface area contributed by atoms with Crippen LogP contribution in [0.25, 0.3) is 45.6 Å². The second-order valence-electron chi connectivity index (χ2n) is 14.6. The number of aromatic nitrogens is 4. The van der Waals surface area contributed by atoms with Crippen LogP contribution in [0.3, 0.4) is 0 Å². The summed E-state index contributed by atoms with van der Waals surface area (Å²) in [5.41, 5.74) is 4.40. The molecule has 1 amide bonds. The van der Waals surface area contributed by atoms with Gasteiger partial charge in [0.2, 0.25) is 29.3 Å². The molecule has 0 saturated carbocycles. The van der Waals surface area contributed by atoms with Gasteiger partial charge >= 0.3 is 0 Å². The maximum Gasteiger partial charge on any atom is 0.279 e. The van der Waals surface area contributed by atoms with Crippen LogP contribution in [-0.2, 0) is 19.1 Å². The van der Waals surface area contributed by atoms with Crippen molar-refractivity contribution in [2.24, 2.45) is 0 Å². The Kier molecular flexibility index (Phi) is 17.9. The number of carbonyl (C=O) groups excluding carboxylic acids is 2. The lowest BCUT2D eigenvalue weighted by Gasteiger charge is -2.20. The van der Waals surface area contributed by atoms with Gasteiger partial charge in [0.25, 0.3) is 5.91 Å². The van der Waals surface area contributed by atoms with Gasteiger partial charge in [-0.2, -0.15) is 0 Å². The van der Waals surface area contributed by atoms with E-state index >= 15 is 0 Å². The number of likely N-dealkylation sites (N-methyl/N-ethyl adjacent to an activating group) is 1. The summed E-state index contributed by atoms with van der Waals surface area (Å²) in [6.45, 7) is 3.45. The van der Waals surface area contributed by atoms with Gasteiger partial charge in [-0.05, 0) is 83.9 Å². The Morgan fingerprint density at radius 2 is 1.04 bits per heavy atom. The van der Waals surface area contributed by atoms with Crippen LogP contribution in [0.1, 0.15) is 45.7 Å². The number of methoxy groups -OCH3 is 6. The standard InChI is InChI=1S/C24H21ClN2O6.C14H17N3O4.C12H11ClO3/c1-13-26-27-24(32-13)15-7-5-14(6-8-15)22(30-3)21(28)19-10-9-18(33-19)16-11-17(25)23(31-4)20(12-16)29-2;1-9-15-16-13(21-9)11-7-5-10(6-8-11)12(19-3)14(18)17(2)20-4;1-14-11-7-8(10-4-3-5-16-10)6-9(13)12(11)15-2/h5-12,22H,1-4H3;5-8,12H,1-4H3;3-7H,1-2H3. The van der Waals surface area contributed by atoms with Gasteiger partial charge in [-0.25, -0.2) is 5.06 Å². The number of ether oxygens (including phenoxy) is 6. The van der Waals surface area contributed by atoms with Crippen molar-refractivity contribution in [2.45, 2.75) is 26.1 Å². The Hall–Kier alpha value is -7.48. The summed E-state index contributed by atoms with van der Waals surface area (Å²) in [6, 6.07) is 28.3. The summed E-state index contributed by atoms with van der Waals surface area (Å²) < 4.78 is 53.6. The average Bonchev–Trinajstić information content (AvgIpc) is 4.24. The molecule has 70 heavy (non-hydrogen) atoms. The zero-order valence-corrected chi connectivity index (χ0v) is 41.3. The Morgan fingerprint density at radius 1 is 0.557 bits per heavy atom. The van der Waals surface area contributed by atoms with Gasteiger partial charge in [-0.3, -0.25) is 14.4 Å². The number of nitrogens with zero attached hydrogens (tertiary/aromatic N) is 5. The van der Waals surface area contributed by atoms with Crippen molar-refractivity contribution in [1.82, 2.24) is 25.5 Å². The molecule has 0 aliphatic heterocycles. The quantitative estimate of drug-likeness (QED) is 0.0651. The van der Waals surface area contributed by atoms with Crippen LogP contribution in [0.2, 0.25) is 10.0 Å². The number of carbonyl (C=O) groups is 2. The molecule has 4 aromatic carbocycles. The zero-order chi connectivity index (χ0) is 50.5. The molecule has 0 spiro atoms. The van der Waals surface area contributed by atoms with Crippen LogP contribution in [0.5, 0.6) is 23.0 Å². The molecule has 4 heterocycles. The van der Waals surface area contributed by atoms with Crippen LogP contribution in [-0.4, -0.2) is 94.0 Å². The van der Waals surface area contributed by atoms with E-state index in [-0.39, 0.29) is 17.5 Å². The summed E-state index contributed by atoms with van der Waals surface area (Å²) in [7, 11) is 12.0. The predicted octanol–water partition coefficient (Wildman–Crippen LogP) is 10.9. The smallest absolute Gasteiger partial charge is 0.279 e. The minimum absolute atomic E-state index is 0.152. The normalized spacial score (nSPS) is 11.6. The number of ketones is 1. The van der Waals surface area contributed by atoms with Crippen LogP contribution >= 0.6 is 23.2 Å². The molecule has 366 valence electrons. The second kappa shape index (κ2) is 24.2. The lowest BCUT2D eigenvalue weighted by atomic mass is 10.0. The van der Waals surface area contributed by atoms with Crippen LogP contribution in [0, 0.1) is 13.8 Å². The van der Waals surface area contributed by atoms with E-state index in [1.807, 2.05) is 18.2 Å². The summed E-state index contributed by atoms with van der Waals surface area (Å²) in [6.07, 6.45) is 0.0322. The molecule has 0 radical (unpaired) electrons. The fourth-order valence-electron chi connectivity index (χ4n) is 6.77. The lowest BCUT2D eigenvalue weighted by molar-refractivity contribution is -0.179. The van der Waals surface area contributed by atoms with Crippen molar-refractivity contribution in [3.05, 3.63) is 142 Å². The molecule has 0 bridgehead atoms. The highest BCUT2D eigenvalue weighted by Crippen LogP contribution is 2.41. The molecular weight excluding hydrogens is 949 g/mol. The minimum atomic E-state index is -0.850. The van der Waals surface area contributed by atoms with Gasteiger partial charge in [-0.15, -0.1) is 20.4 Å². The van der Waals surface area contributed by atoms with Gasteiger partial charge in [0.15, 0.2) is 34.9 Å². The summed E-state index contributed by atoms with van der Waals surface area (Å²) in [5, 5.41) is 17.5. The van der Waals surface area contributed by atoms with E-state index < -0.39 is 12.2 Å². The third-order valence-electron chi connectivity index (χ3n) is 10.3. The highest BCUT2D eigenvalue weighted by molar-refractivity contribution is 6.33. The summed E-state index contributed by atoms with van der Waals surface area (Å²) >= 11 is 12.4. The molecule has 0 aliphatic carbocycles. The maximum absolute atomic E-state index is 13.1. The van der Waals surface area contributed by atoms with Crippen molar-refractivity contribution in [1.29, 1.82) is 0 Å². The third kappa shape index (κ3) is 12.2. The first-order chi connectivity index (χ1) is 33.8. The van der Waals surface area contributed by atoms with E-state index in [2.05, 4.69) is 20.4 Å². The lowest BCUT2D eigenvalue weighted by Crippen LogP contribution is -2.31. The molecule has 2 unspecified atom stereocenters. The number of hydroxylamine groups is 2. The zero-order valence-electron chi connectivity index (χ0n) is 39.8. The number of aryl methyl sites for hydroxylation is 2. The van der Waals surface area contributed by atoms with Crippen molar-refractivity contribution < 1.29 is 60.5 Å². The number of hydrogen-bond donors (Lipinski definition) is 0. The Balaban J connectivity index is 0.000000186. The number of furan rings is 2. The summed E-state index contributed by atoms with van der Waals surface area (Å²) in [4.78, 5) is 30.1. The van der Waals surface area contributed by atoms with Crippen LogP contribution in [0.4, 0.5) is 0 Å². The number of halogens is 2. The number of benzene rings is 4. The van der Waals surface area contributed by atoms with Crippen molar-refractivity contribution >= 4 is 34.9 Å². The fourth-order valence-corrected chi connectivity index (χ4v) is 7.35. The molecule has 0 N–H and O–H groups in total. The Labute approximate surface area is 412 Å². The first kappa shape index (κ1) is 51.9. The van der Waals surface area contributed by atoms with Crippen LogP contribution in [0.15, 0.2) is 121 Å². The fraction of sp³-hybridized carbons (Fsp3) is 0.240. The molecule has 0 aliphatic rings. The van der Waals surface area contributed by atoms with Crippen molar-refractivity contribution in [2.75, 3.05) is 56.8 Å². The molecule has 8 aromatic rings. The highest BCUT2D eigenvalue weighted by atomic mass is 35.5. The van der Waals surface area contributed by atoms with Gasteiger partial charge in [0, 0.05) is 57.4 Å². The van der Waals surface area contributed by atoms with E-state index in [9.17, 15) is 9.59 Å². The van der Waals surface area contributed by atoms with E-state index in [1.54, 1.807) is 113 Å². The molecular formula is C50H49Cl2N5O13. The van der Waals surface area contributed by atoms with E-state index in [0.717, 1.165) is 27.5 Å².